The molecule has 0 bridgehead atoms. The van der Waals surface area contributed by atoms with Gasteiger partial charge in [0.2, 0.25) is 5.82 Å². The van der Waals surface area contributed by atoms with E-state index in [0.29, 0.717) is 19.4 Å². The summed E-state index contributed by atoms with van der Waals surface area (Å²) >= 11 is 0. The first-order valence-corrected chi connectivity index (χ1v) is 10.4. The predicted molar refractivity (Wildman–Crippen MR) is 110 cm³/mol. The molecule has 0 saturated carbocycles. The average molecular weight is 416 g/mol. The topological polar surface area (TPSA) is 9.23 Å². The zero-order chi connectivity index (χ0) is 21.4. The van der Waals surface area contributed by atoms with Gasteiger partial charge in [0.05, 0.1) is 6.61 Å². The van der Waals surface area contributed by atoms with Crippen LogP contribution in [0.2, 0.25) is 0 Å². The van der Waals surface area contributed by atoms with Gasteiger partial charge in [-0.25, -0.2) is 13.2 Å². The third-order valence-electron chi connectivity index (χ3n) is 6.17. The van der Waals surface area contributed by atoms with E-state index in [2.05, 4.69) is 0 Å². The number of benzene rings is 2. The van der Waals surface area contributed by atoms with Crippen LogP contribution in [0, 0.1) is 42.0 Å². The molecule has 0 amide bonds. The van der Waals surface area contributed by atoms with Crippen molar-refractivity contribution < 1.29 is 22.3 Å². The predicted octanol–water partition coefficient (Wildman–Crippen LogP) is 7.24. The van der Waals surface area contributed by atoms with Gasteiger partial charge in [0.1, 0.15) is 0 Å². The molecule has 2 aliphatic carbocycles. The van der Waals surface area contributed by atoms with Crippen molar-refractivity contribution in [1.82, 2.24) is 0 Å². The first kappa shape index (κ1) is 20.7. The molecule has 2 aromatic carbocycles. The van der Waals surface area contributed by atoms with Crippen molar-refractivity contribution in [2.75, 3.05) is 6.61 Å². The van der Waals surface area contributed by atoms with Crippen molar-refractivity contribution >= 4 is 11.1 Å². The van der Waals surface area contributed by atoms with Crippen LogP contribution in [-0.2, 0) is 0 Å². The first-order chi connectivity index (χ1) is 14.4. The zero-order valence-corrected chi connectivity index (χ0v) is 17.1. The number of unbranched alkanes of at least 4 members (excludes halogenated alkanes) is 1. The maximum absolute atomic E-state index is 14.8. The normalized spacial score (nSPS) is 20.2. The molecule has 0 saturated heterocycles. The molecule has 2 aromatic rings. The summed E-state index contributed by atoms with van der Waals surface area (Å²) in [5.41, 5.74) is 2.19. The molecule has 0 radical (unpaired) electrons. The quantitative estimate of drug-likeness (QED) is 0.356. The molecule has 158 valence electrons. The van der Waals surface area contributed by atoms with E-state index in [4.69, 9.17) is 4.74 Å². The van der Waals surface area contributed by atoms with E-state index in [9.17, 15) is 17.6 Å². The second-order valence-corrected chi connectivity index (χ2v) is 8.00. The fourth-order valence-corrected chi connectivity index (χ4v) is 4.51. The van der Waals surface area contributed by atoms with Crippen molar-refractivity contribution in [2.45, 2.75) is 39.5 Å². The van der Waals surface area contributed by atoms with E-state index in [1.165, 1.54) is 13.0 Å². The van der Waals surface area contributed by atoms with E-state index in [1.54, 1.807) is 18.2 Å². The summed E-state index contributed by atoms with van der Waals surface area (Å²) in [7, 11) is 0. The monoisotopic (exact) mass is 416 g/mol. The first-order valence-electron chi connectivity index (χ1n) is 10.4. The van der Waals surface area contributed by atoms with Crippen LogP contribution in [0.5, 0.6) is 5.75 Å². The maximum Gasteiger partial charge on any atom is 0.201 e. The number of aryl methyl sites for hydroxylation is 1. The van der Waals surface area contributed by atoms with Crippen LogP contribution >= 0.6 is 0 Å². The van der Waals surface area contributed by atoms with Gasteiger partial charge in [0.25, 0.3) is 0 Å². The largest absolute Gasteiger partial charge is 0.490 e. The van der Waals surface area contributed by atoms with Crippen LogP contribution in [0.4, 0.5) is 17.6 Å². The Balaban J connectivity index is 1.58. The highest BCUT2D eigenvalue weighted by molar-refractivity contribution is 5.80. The highest BCUT2D eigenvalue weighted by atomic mass is 19.2. The van der Waals surface area contributed by atoms with Crippen molar-refractivity contribution in [3.63, 3.8) is 0 Å². The lowest BCUT2D eigenvalue weighted by atomic mass is 9.85. The van der Waals surface area contributed by atoms with Gasteiger partial charge in [-0.15, -0.1) is 0 Å². The summed E-state index contributed by atoms with van der Waals surface area (Å²) in [6, 6.07) is 6.19. The van der Waals surface area contributed by atoms with E-state index >= 15 is 0 Å². The standard InChI is InChI=1S/C25H24F4O/c1-3-4-13-30-21-12-11-20(24(28)25(21)29)18-10-8-15-16(18)7-9-17(15)19-6-5-14(2)22(26)23(19)27/h5-6,9-12,15-16H,3-4,7-8,13H2,1-2H3. The van der Waals surface area contributed by atoms with Crippen LogP contribution in [-0.4, -0.2) is 6.61 Å². The molecule has 30 heavy (non-hydrogen) atoms. The molecule has 0 aromatic heterocycles. The van der Waals surface area contributed by atoms with Crippen LogP contribution in [0.25, 0.3) is 11.1 Å². The Morgan fingerprint density at radius 2 is 1.37 bits per heavy atom. The molecule has 0 aliphatic heterocycles. The number of halogens is 4. The SMILES string of the molecule is CCCCOc1ccc(C2=CCC3C(c4ccc(C)c(F)c4F)=CCC23)c(F)c1F. The third kappa shape index (κ3) is 3.44. The summed E-state index contributed by atoms with van der Waals surface area (Å²) in [6.45, 7) is 3.86. The second-order valence-electron chi connectivity index (χ2n) is 8.00. The fourth-order valence-electron chi connectivity index (χ4n) is 4.51. The Bertz CT molecular complexity index is 1040. The molecule has 4 rings (SSSR count). The number of hydrogen-bond acceptors (Lipinski definition) is 1. The van der Waals surface area contributed by atoms with Gasteiger partial charge >= 0.3 is 0 Å². The van der Waals surface area contributed by atoms with Gasteiger partial charge in [0.15, 0.2) is 23.2 Å². The number of hydrogen-bond donors (Lipinski definition) is 0. The molecule has 2 unspecified atom stereocenters. The Morgan fingerprint density at radius 1 is 0.800 bits per heavy atom. The van der Waals surface area contributed by atoms with Crippen LogP contribution < -0.4 is 4.74 Å². The molecule has 0 heterocycles. The average Bonchev–Trinajstić information content (AvgIpc) is 3.33. The Morgan fingerprint density at radius 3 is 1.97 bits per heavy atom. The van der Waals surface area contributed by atoms with Crippen LogP contribution in [0.3, 0.4) is 0 Å². The number of rotatable bonds is 6. The molecule has 0 N–H and O–H groups in total. The highest BCUT2D eigenvalue weighted by Crippen LogP contribution is 2.52. The minimum absolute atomic E-state index is 0.0699. The molecule has 2 aliphatic rings. The molecule has 0 spiro atoms. The summed E-state index contributed by atoms with van der Waals surface area (Å²) in [6.07, 6.45) is 6.61. The van der Waals surface area contributed by atoms with E-state index in [-0.39, 0.29) is 34.3 Å². The molecule has 1 nitrogen and oxygen atoms in total. The van der Waals surface area contributed by atoms with Crippen LogP contribution in [0.15, 0.2) is 36.4 Å². The molecule has 5 heteroatoms. The summed E-state index contributed by atoms with van der Waals surface area (Å²) in [5, 5.41) is 0. The molecular weight excluding hydrogens is 392 g/mol. The highest BCUT2D eigenvalue weighted by Gasteiger charge is 2.39. The summed E-state index contributed by atoms with van der Waals surface area (Å²) in [5.74, 6) is -3.81. The number of ether oxygens (including phenoxy) is 1. The Hall–Kier alpha value is -2.56. The Labute approximate surface area is 174 Å². The summed E-state index contributed by atoms with van der Waals surface area (Å²) < 4.78 is 63.3. The van der Waals surface area contributed by atoms with Crippen molar-refractivity contribution in [2.24, 2.45) is 11.8 Å². The van der Waals surface area contributed by atoms with E-state index < -0.39 is 23.3 Å². The van der Waals surface area contributed by atoms with Crippen molar-refractivity contribution in [3.05, 3.63) is 76.4 Å². The van der Waals surface area contributed by atoms with E-state index in [1.807, 2.05) is 19.1 Å². The summed E-state index contributed by atoms with van der Waals surface area (Å²) in [4.78, 5) is 0. The number of fused-ring (bicyclic) bond motifs is 1. The maximum atomic E-state index is 14.8. The molecular formula is C25H24F4O. The van der Waals surface area contributed by atoms with Gasteiger partial charge in [-0.2, -0.15) is 4.39 Å². The minimum Gasteiger partial charge on any atom is -0.490 e. The van der Waals surface area contributed by atoms with Crippen molar-refractivity contribution in [1.29, 1.82) is 0 Å². The Kier molecular flexibility index (Phi) is 5.72. The lowest BCUT2D eigenvalue weighted by Gasteiger charge is -2.20. The lowest BCUT2D eigenvalue weighted by molar-refractivity contribution is 0.288. The molecule has 2 atom stereocenters. The third-order valence-corrected chi connectivity index (χ3v) is 6.17. The fraction of sp³-hybridized carbons (Fsp3) is 0.360. The second kappa shape index (κ2) is 8.29. The zero-order valence-electron chi connectivity index (χ0n) is 17.1. The van der Waals surface area contributed by atoms with Gasteiger partial charge < -0.3 is 4.74 Å². The van der Waals surface area contributed by atoms with Gasteiger partial charge in [-0.05, 0) is 66.9 Å². The molecule has 0 fully saturated rings. The van der Waals surface area contributed by atoms with Gasteiger partial charge in [-0.3, -0.25) is 0 Å². The minimum atomic E-state index is -0.981. The van der Waals surface area contributed by atoms with Crippen molar-refractivity contribution in [3.8, 4) is 5.75 Å². The van der Waals surface area contributed by atoms with Crippen LogP contribution in [0.1, 0.15) is 49.3 Å². The van der Waals surface area contributed by atoms with E-state index in [0.717, 1.165) is 24.0 Å². The smallest absolute Gasteiger partial charge is 0.201 e. The lowest BCUT2D eigenvalue weighted by Crippen LogP contribution is -2.10. The van der Waals surface area contributed by atoms with Gasteiger partial charge in [-0.1, -0.05) is 37.6 Å². The van der Waals surface area contributed by atoms with Gasteiger partial charge in [0, 0.05) is 11.1 Å². The number of allylic oxidation sites excluding steroid dienone is 4.